The molecular formula is C14H15N3OS. The largest absolute Gasteiger partial charge is 0.375 e. The lowest BCUT2D eigenvalue weighted by atomic mass is 9.90. The van der Waals surface area contributed by atoms with Gasteiger partial charge in [-0.25, -0.2) is 4.98 Å². The molecule has 1 aromatic heterocycles. The van der Waals surface area contributed by atoms with Gasteiger partial charge in [0.2, 0.25) is 0 Å². The molecular weight excluding hydrogens is 258 g/mol. The monoisotopic (exact) mass is 273 g/mol. The van der Waals surface area contributed by atoms with Crippen molar-refractivity contribution >= 4 is 28.1 Å². The van der Waals surface area contributed by atoms with E-state index in [-0.39, 0.29) is 5.91 Å². The van der Waals surface area contributed by atoms with Crippen molar-refractivity contribution in [1.29, 1.82) is 0 Å². The van der Waals surface area contributed by atoms with E-state index < -0.39 is 0 Å². The average molecular weight is 273 g/mol. The van der Waals surface area contributed by atoms with Crippen LogP contribution in [-0.4, -0.2) is 10.9 Å². The van der Waals surface area contributed by atoms with Crippen LogP contribution in [0.5, 0.6) is 0 Å². The van der Waals surface area contributed by atoms with Crippen LogP contribution in [0.2, 0.25) is 0 Å². The second-order valence-electron chi connectivity index (χ2n) is 4.68. The van der Waals surface area contributed by atoms with Crippen LogP contribution in [0.25, 0.3) is 0 Å². The minimum absolute atomic E-state index is 0.188. The van der Waals surface area contributed by atoms with E-state index >= 15 is 0 Å². The molecule has 0 aliphatic heterocycles. The van der Waals surface area contributed by atoms with Crippen LogP contribution < -0.4 is 11.1 Å². The highest BCUT2D eigenvalue weighted by Crippen LogP contribution is 2.28. The molecule has 0 fully saturated rings. The maximum atomic E-state index is 12.1. The fourth-order valence-corrected chi connectivity index (χ4v) is 3.02. The summed E-state index contributed by atoms with van der Waals surface area (Å²) in [6, 6.07) is 6.10. The summed E-state index contributed by atoms with van der Waals surface area (Å²) >= 11 is 1.28. The lowest BCUT2D eigenvalue weighted by molar-refractivity contribution is 0.102. The zero-order valence-corrected chi connectivity index (χ0v) is 11.3. The van der Waals surface area contributed by atoms with Crippen molar-refractivity contribution in [1.82, 2.24) is 4.98 Å². The van der Waals surface area contributed by atoms with Crippen LogP contribution in [0.3, 0.4) is 0 Å². The Balaban J connectivity index is 1.85. The number of rotatable bonds is 2. The molecule has 0 bridgehead atoms. The molecule has 3 N–H and O–H groups in total. The first-order chi connectivity index (χ1) is 9.24. The highest BCUT2D eigenvalue weighted by molar-refractivity contribution is 7.13. The summed E-state index contributed by atoms with van der Waals surface area (Å²) in [6.07, 6.45) is 4.55. The fraction of sp³-hybridized carbons (Fsp3) is 0.286. The molecule has 1 amide bonds. The molecule has 1 aliphatic carbocycles. The van der Waals surface area contributed by atoms with E-state index in [0.717, 1.165) is 18.5 Å². The van der Waals surface area contributed by atoms with Crippen molar-refractivity contribution < 1.29 is 4.79 Å². The molecule has 2 aromatic rings. The van der Waals surface area contributed by atoms with Crippen molar-refractivity contribution in [3.05, 3.63) is 40.4 Å². The summed E-state index contributed by atoms with van der Waals surface area (Å²) in [5.41, 5.74) is 9.46. The number of hydrogen-bond donors (Lipinski definition) is 2. The van der Waals surface area contributed by atoms with Crippen LogP contribution in [0.4, 0.5) is 10.8 Å². The average Bonchev–Trinajstić information content (AvgIpc) is 2.86. The molecule has 0 atom stereocenters. The van der Waals surface area contributed by atoms with Crippen LogP contribution >= 0.6 is 11.3 Å². The maximum absolute atomic E-state index is 12.1. The van der Waals surface area contributed by atoms with E-state index in [2.05, 4.69) is 16.4 Å². The summed E-state index contributed by atoms with van der Waals surface area (Å²) in [6.45, 7) is 0. The molecule has 1 aliphatic rings. The number of amides is 1. The van der Waals surface area contributed by atoms with Gasteiger partial charge in [-0.2, -0.15) is 0 Å². The van der Waals surface area contributed by atoms with Crippen LogP contribution in [-0.2, 0) is 12.8 Å². The van der Waals surface area contributed by atoms with Gasteiger partial charge in [0, 0.05) is 11.1 Å². The molecule has 5 heteroatoms. The van der Waals surface area contributed by atoms with Gasteiger partial charge >= 0.3 is 0 Å². The Morgan fingerprint density at radius 2 is 2.16 bits per heavy atom. The summed E-state index contributed by atoms with van der Waals surface area (Å²) in [5, 5.41) is 5.05. The third-order valence-corrected chi connectivity index (χ3v) is 4.07. The van der Waals surface area contributed by atoms with Gasteiger partial charge in [0.05, 0.1) is 0 Å². The molecule has 0 saturated heterocycles. The number of nitrogens with two attached hydrogens (primary N) is 1. The lowest BCUT2D eigenvalue weighted by Crippen LogP contribution is -2.15. The van der Waals surface area contributed by atoms with Gasteiger partial charge in [-0.1, -0.05) is 12.1 Å². The van der Waals surface area contributed by atoms with Crippen LogP contribution in [0.15, 0.2) is 23.6 Å². The SMILES string of the molecule is Nc1nc(C(=O)Nc2cccc3c2CCCC3)cs1. The molecule has 0 unspecified atom stereocenters. The van der Waals surface area contributed by atoms with Gasteiger partial charge in [0.25, 0.3) is 5.91 Å². The van der Waals surface area contributed by atoms with E-state index in [0.29, 0.717) is 10.8 Å². The maximum Gasteiger partial charge on any atom is 0.275 e. The van der Waals surface area contributed by atoms with Gasteiger partial charge in [-0.3, -0.25) is 4.79 Å². The van der Waals surface area contributed by atoms with E-state index in [1.165, 1.54) is 35.3 Å². The summed E-state index contributed by atoms with van der Waals surface area (Å²) in [4.78, 5) is 16.1. The Morgan fingerprint density at radius 1 is 1.32 bits per heavy atom. The Bertz CT molecular complexity index is 621. The van der Waals surface area contributed by atoms with E-state index in [4.69, 9.17) is 5.73 Å². The first-order valence-corrected chi connectivity index (χ1v) is 7.25. The van der Waals surface area contributed by atoms with Crippen LogP contribution in [0, 0.1) is 0 Å². The Morgan fingerprint density at radius 3 is 2.95 bits per heavy atom. The Hall–Kier alpha value is -1.88. The highest BCUT2D eigenvalue weighted by atomic mass is 32.1. The van der Waals surface area contributed by atoms with Crippen LogP contribution in [0.1, 0.15) is 34.5 Å². The topological polar surface area (TPSA) is 68.0 Å². The first-order valence-electron chi connectivity index (χ1n) is 6.37. The molecule has 1 aromatic carbocycles. The molecule has 98 valence electrons. The summed E-state index contributed by atoms with van der Waals surface area (Å²) in [7, 11) is 0. The van der Waals surface area contributed by atoms with Gasteiger partial charge in [-0.05, 0) is 42.9 Å². The second kappa shape index (κ2) is 5.01. The standard InChI is InChI=1S/C14H15N3OS/c15-14-17-12(8-19-14)13(18)16-11-7-3-5-9-4-1-2-6-10(9)11/h3,5,7-8H,1-2,4,6H2,(H2,15,17)(H,16,18). The van der Waals surface area contributed by atoms with E-state index in [9.17, 15) is 4.79 Å². The van der Waals surface area contributed by atoms with Crippen molar-refractivity contribution in [3.8, 4) is 0 Å². The van der Waals surface area contributed by atoms with E-state index in [1.807, 2.05) is 12.1 Å². The number of benzene rings is 1. The fourth-order valence-electron chi connectivity index (χ4n) is 2.48. The number of anilines is 2. The predicted molar refractivity (Wildman–Crippen MR) is 77.6 cm³/mol. The quantitative estimate of drug-likeness (QED) is 0.884. The first kappa shape index (κ1) is 12.2. The van der Waals surface area contributed by atoms with Gasteiger partial charge in [0.15, 0.2) is 5.13 Å². The molecule has 4 nitrogen and oxygen atoms in total. The van der Waals surface area contributed by atoms with Crippen molar-refractivity contribution in [3.63, 3.8) is 0 Å². The molecule has 0 spiro atoms. The smallest absolute Gasteiger partial charge is 0.275 e. The molecule has 19 heavy (non-hydrogen) atoms. The minimum Gasteiger partial charge on any atom is -0.375 e. The van der Waals surface area contributed by atoms with Gasteiger partial charge in [-0.15, -0.1) is 11.3 Å². The van der Waals surface area contributed by atoms with Crippen molar-refractivity contribution in [2.45, 2.75) is 25.7 Å². The number of fused-ring (bicyclic) bond motifs is 1. The summed E-state index contributed by atoms with van der Waals surface area (Å²) in [5.74, 6) is -0.188. The number of nitrogens with one attached hydrogen (secondary N) is 1. The zero-order chi connectivity index (χ0) is 13.2. The van der Waals surface area contributed by atoms with Crippen molar-refractivity contribution in [2.24, 2.45) is 0 Å². The van der Waals surface area contributed by atoms with Gasteiger partial charge < -0.3 is 11.1 Å². The van der Waals surface area contributed by atoms with Gasteiger partial charge in [0.1, 0.15) is 5.69 Å². The molecule has 1 heterocycles. The van der Waals surface area contributed by atoms with Crippen molar-refractivity contribution in [2.75, 3.05) is 11.1 Å². The summed E-state index contributed by atoms with van der Waals surface area (Å²) < 4.78 is 0. The third kappa shape index (κ3) is 2.46. The number of thiazole rings is 1. The predicted octanol–water partition coefficient (Wildman–Crippen LogP) is 2.86. The zero-order valence-electron chi connectivity index (χ0n) is 10.5. The Labute approximate surface area is 115 Å². The highest BCUT2D eigenvalue weighted by Gasteiger charge is 2.16. The molecule has 0 saturated carbocycles. The molecule has 3 rings (SSSR count). The minimum atomic E-state index is -0.188. The number of aryl methyl sites for hydroxylation is 1. The molecule has 0 radical (unpaired) electrons. The Kier molecular flexibility index (Phi) is 3.21. The second-order valence-corrected chi connectivity index (χ2v) is 5.57. The third-order valence-electron chi connectivity index (χ3n) is 3.40. The number of nitrogens with zero attached hydrogens (tertiary/aromatic N) is 1. The lowest BCUT2D eigenvalue weighted by Gasteiger charge is -2.19. The number of nitrogen functional groups attached to an aromatic ring is 1. The number of carbonyl (C=O) groups is 1. The number of aromatic nitrogens is 1. The van der Waals surface area contributed by atoms with E-state index in [1.54, 1.807) is 5.38 Å². The number of carbonyl (C=O) groups excluding carboxylic acids is 1. The number of hydrogen-bond acceptors (Lipinski definition) is 4. The normalized spacial score (nSPS) is 13.9.